The molecule has 1 aromatic rings. The second kappa shape index (κ2) is 4.97. The fraction of sp³-hybridized carbons (Fsp3) is 0.500. The smallest absolute Gasteiger partial charge is 0.0723 e. The molecule has 0 saturated carbocycles. The van der Waals surface area contributed by atoms with Gasteiger partial charge in [0.05, 0.1) is 19.3 Å². The Morgan fingerprint density at radius 1 is 1.40 bits per heavy atom. The Bertz CT molecular complexity index is 324. The van der Waals surface area contributed by atoms with Crippen molar-refractivity contribution in [3.8, 4) is 0 Å². The van der Waals surface area contributed by atoms with Gasteiger partial charge in [-0.3, -0.25) is 0 Å². The quantitative estimate of drug-likeness (QED) is 0.801. The van der Waals surface area contributed by atoms with E-state index in [9.17, 15) is 0 Å². The maximum atomic E-state index is 5.99. The third-order valence-electron chi connectivity index (χ3n) is 2.81. The Morgan fingerprint density at radius 3 is 2.80 bits per heavy atom. The summed E-state index contributed by atoms with van der Waals surface area (Å²) >= 11 is 0. The molecule has 0 saturated heterocycles. The monoisotopic (exact) mass is 227 g/mol. The predicted octanol–water partition coefficient (Wildman–Crippen LogP) is 2.76. The highest BCUT2D eigenvalue weighted by atomic mass is 35.5. The van der Waals surface area contributed by atoms with Crippen molar-refractivity contribution in [3.05, 3.63) is 34.9 Å². The predicted molar refractivity (Wildman–Crippen MR) is 64.4 cm³/mol. The van der Waals surface area contributed by atoms with E-state index >= 15 is 0 Å². The van der Waals surface area contributed by atoms with Gasteiger partial charge < -0.3 is 10.5 Å². The summed E-state index contributed by atoms with van der Waals surface area (Å²) in [6.07, 6.45) is 0. The van der Waals surface area contributed by atoms with Gasteiger partial charge in [-0.05, 0) is 22.6 Å². The number of fused-ring (bicyclic) bond motifs is 1. The minimum Gasteiger partial charge on any atom is -0.375 e. The molecule has 2 nitrogen and oxygen atoms in total. The van der Waals surface area contributed by atoms with Crippen LogP contribution < -0.4 is 5.73 Å². The minimum absolute atomic E-state index is 0. The van der Waals surface area contributed by atoms with Crippen LogP contribution in [-0.4, -0.2) is 6.61 Å². The summed E-state index contributed by atoms with van der Waals surface area (Å²) in [5.41, 5.74) is 9.94. The van der Waals surface area contributed by atoms with Crippen LogP contribution in [0.2, 0.25) is 0 Å². The van der Waals surface area contributed by atoms with E-state index in [-0.39, 0.29) is 18.4 Å². The molecule has 1 unspecified atom stereocenters. The number of hydrogen-bond acceptors (Lipinski definition) is 2. The lowest BCUT2D eigenvalue weighted by Crippen LogP contribution is -2.24. The van der Waals surface area contributed by atoms with E-state index in [2.05, 4.69) is 32.0 Å². The molecule has 1 atom stereocenters. The van der Waals surface area contributed by atoms with E-state index < -0.39 is 0 Å². The maximum Gasteiger partial charge on any atom is 0.0723 e. The van der Waals surface area contributed by atoms with E-state index in [1.54, 1.807) is 0 Å². The molecule has 1 aromatic carbocycles. The van der Waals surface area contributed by atoms with Crippen molar-refractivity contribution >= 4 is 12.4 Å². The number of rotatable bonds is 1. The third-order valence-corrected chi connectivity index (χ3v) is 2.81. The van der Waals surface area contributed by atoms with E-state index in [1.807, 2.05) is 0 Å². The molecule has 1 heterocycles. The van der Waals surface area contributed by atoms with Crippen molar-refractivity contribution < 1.29 is 4.74 Å². The fourth-order valence-electron chi connectivity index (χ4n) is 2.06. The van der Waals surface area contributed by atoms with Gasteiger partial charge in [0.25, 0.3) is 0 Å². The Hall–Kier alpha value is -0.570. The zero-order valence-corrected chi connectivity index (χ0v) is 10.0. The zero-order chi connectivity index (χ0) is 10.1. The maximum absolute atomic E-state index is 5.99. The lowest BCUT2D eigenvalue weighted by atomic mass is 9.90. The van der Waals surface area contributed by atoms with Gasteiger partial charge in [-0.1, -0.05) is 32.0 Å². The number of nitrogens with two attached hydrogens (primary N) is 1. The molecule has 0 spiro atoms. The first-order valence-corrected chi connectivity index (χ1v) is 5.15. The van der Waals surface area contributed by atoms with Crippen LogP contribution in [0.1, 0.15) is 42.5 Å². The van der Waals surface area contributed by atoms with Crippen molar-refractivity contribution in [3.63, 3.8) is 0 Å². The first-order valence-electron chi connectivity index (χ1n) is 5.15. The van der Waals surface area contributed by atoms with Crippen LogP contribution in [0.25, 0.3) is 0 Å². The summed E-state index contributed by atoms with van der Waals surface area (Å²) in [6.45, 7) is 5.78. The fourth-order valence-corrected chi connectivity index (χ4v) is 2.06. The second-order valence-electron chi connectivity index (χ2n) is 4.19. The van der Waals surface area contributed by atoms with Gasteiger partial charge in [0, 0.05) is 0 Å². The number of halogens is 1. The van der Waals surface area contributed by atoms with Crippen LogP contribution in [0.5, 0.6) is 0 Å². The summed E-state index contributed by atoms with van der Waals surface area (Å²) in [5, 5.41) is 0. The third kappa shape index (κ3) is 2.33. The average Bonchev–Trinajstić information content (AvgIpc) is 2.17. The molecule has 2 N–H and O–H groups in total. The van der Waals surface area contributed by atoms with Gasteiger partial charge in [-0.15, -0.1) is 12.4 Å². The average molecular weight is 228 g/mol. The Labute approximate surface area is 97.2 Å². The molecule has 0 aromatic heterocycles. The molecule has 0 radical (unpaired) electrons. The molecule has 1 aliphatic heterocycles. The van der Waals surface area contributed by atoms with Crippen LogP contribution >= 0.6 is 12.4 Å². The largest absolute Gasteiger partial charge is 0.375 e. The van der Waals surface area contributed by atoms with Crippen molar-refractivity contribution in [2.24, 2.45) is 5.73 Å². The Morgan fingerprint density at radius 2 is 2.13 bits per heavy atom. The summed E-state index contributed by atoms with van der Waals surface area (Å²) in [4.78, 5) is 0. The van der Waals surface area contributed by atoms with Crippen molar-refractivity contribution in [2.75, 3.05) is 6.61 Å². The van der Waals surface area contributed by atoms with Crippen LogP contribution in [0.3, 0.4) is 0 Å². The van der Waals surface area contributed by atoms with E-state index in [4.69, 9.17) is 10.5 Å². The number of benzene rings is 1. The molecule has 0 fully saturated rings. The van der Waals surface area contributed by atoms with Gasteiger partial charge in [-0.2, -0.15) is 0 Å². The first-order chi connectivity index (χ1) is 6.70. The Kier molecular flexibility index (Phi) is 4.14. The zero-order valence-electron chi connectivity index (χ0n) is 9.19. The van der Waals surface area contributed by atoms with E-state index in [1.165, 1.54) is 16.7 Å². The van der Waals surface area contributed by atoms with Crippen LogP contribution in [-0.2, 0) is 11.3 Å². The summed E-state index contributed by atoms with van der Waals surface area (Å²) < 4.78 is 5.47. The molecular formula is C12H18ClNO. The minimum atomic E-state index is 0. The highest BCUT2D eigenvalue weighted by Crippen LogP contribution is 2.29. The normalized spacial score (nSPS) is 19.6. The van der Waals surface area contributed by atoms with Crippen molar-refractivity contribution in [2.45, 2.75) is 32.4 Å². The first kappa shape index (κ1) is 12.5. The highest BCUT2D eigenvalue weighted by molar-refractivity contribution is 5.85. The lowest BCUT2D eigenvalue weighted by Gasteiger charge is -2.26. The number of hydrogen-bond donors (Lipinski definition) is 1. The molecule has 84 valence electrons. The van der Waals surface area contributed by atoms with Gasteiger partial charge >= 0.3 is 0 Å². The van der Waals surface area contributed by atoms with Crippen molar-refractivity contribution in [1.82, 2.24) is 0 Å². The molecule has 0 bridgehead atoms. The summed E-state index contributed by atoms with van der Waals surface area (Å²) in [6, 6.07) is 6.44. The van der Waals surface area contributed by atoms with E-state index in [0.717, 1.165) is 6.61 Å². The van der Waals surface area contributed by atoms with Gasteiger partial charge in [0.1, 0.15) is 0 Å². The number of ether oxygens (including phenoxy) is 1. The van der Waals surface area contributed by atoms with Crippen LogP contribution in [0.15, 0.2) is 18.2 Å². The molecule has 0 amide bonds. The second-order valence-corrected chi connectivity index (χ2v) is 4.19. The molecule has 1 aliphatic rings. The molecule has 3 heteroatoms. The van der Waals surface area contributed by atoms with Gasteiger partial charge in [0.2, 0.25) is 0 Å². The van der Waals surface area contributed by atoms with E-state index in [0.29, 0.717) is 12.5 Å². The Balaban J connectivity index is 0.00000112. The topological polar surface area (TPSA) is 35.2 Å². The van der Waals surface area contributed by atoms with Gasteiger partial charge in [-0.25, -0.2) is 0 Å². The standard InChI is InChI=1S/C12H17NO.ClH/c1-8(2)9-4-3-5-10-11(9)6-14-7-12(10)13;/h3-5,8,12H,6-7,13H2,1-2H3;1H. The summed E-state index contributed by atoms with van der Waals surface area (Å²) in [5.74, 6) is 0.541. The molecular weight excluding hydrogens is 210 g/mol. The molecule has 15 heavy (non-hydrogen) atoms. The summed E-state index contributed by atoms with van der Waals surface area (Å²) in [7, 11) is 0. The van der Waals surface area contributed by atoms with Crippen LogP contribution in [0, 0.1) is 0 Å². The SMILES string of the molecule is CC(C)c1cccc2c1COCC2N.Cl. The van der Waals surface area contributed by atoms with Gasteiger partial charge in [0.15, 0.2) is 0 Å². The highest BCUT2D eigenvalue weighted by Gasteiger charge is 2.20. The molecule has 0 aliphatic carbocycles. The lowest BCUT2D eigenvalue weighted by molar-refractivity contribution is 0.0915. The van der Waals surface area contributed by atoms with Crippen LogP contribution in [0.4, 0.5) is 0 Å². The molecule has 2 rings (SSSR count). The van der Waals surface area contributed by atoms with Crippen molar-refractivity contribution in [1.29, 1.82) is 0 Å².